The molecule has 5 nitrogen and oxygen atoms in total. The van der Waals surface area contributed by atoms with Crippen molar-refractivity contribution in [1.29, 1.82) is 0 Å². The first-order valence-corrected chi connectivity index (χ1v) is 10.4. The SMILES string of the molecule is O=C(CCc1ccncc1)NC1C2CN3CCN(C2)CC1(c1ccccc1)C3. The minimum atomic E-state index is -0.00868. The Morgan fingerprint density at radius 2 is 1.71 bits per heavy atom. The van der Waals surface area contributed by atoms with Gasteiger partial charge in [0.1, 0.15) is 0 Å². The van der Waals surface area contributed by atoms with Gasteiger partial charge in [-0.15, -0.1) is 0 Å². The molecule has 1 aromatic carbocycles. The van der Waals surface area contributed by atoms with Gasteiger partial charge in [0.25, 0.3) is 0 Å². The summed E-state index contributed by atoms with van der Waals surface area (Å²) in [6.07, 6.45) is 4.89. The van der Waals surface area contributed by atoms with E-state index in [1.807, 2.05) is 12.1 Å². The number of piperidine rings is 2. The highest BCUT2D eigenvalue weighted by atomic mass is 16.1. The molecule has 1 aromatic heterocycles. The smallest absolute Gasteiger partial charge is 0.220 e. The van der Waals surface area contributed by atoms with Crippen LogP contribution in [0.4, 0.5) is 0 Å². The van der Waals surface area contributed by atoms with E-state index in [9.17, 15) is 4.79 Å². The quantitative estimate of drug-likeness (QED) is 0.863. The Kier molecular flexibility index (Phi) is 4.65. The summed E-state index contributed by atoms with van der Waals surface area (Å²) < 4.78 is 0. The Hall–Kier alpha value is -2.24. The number of hydrogen-bond donors (Lipinski definition) is 1. The average molecular weight is 377 g/mol. The van der Waals surface area contributed by atoms with Crippen molar-refractivity contribution in [3.8, 4) is 0 Å². The number of fused-ring (bicyclic) bond motifs is 1. The van der Waals surface area contributed by atoms with Crippen molar-refractivity contribution < 1.29 is 4.79 Å². The molecule has 4 fully saturated rings. The van der Waals surface area contributed by atoms with E-state index in [4.69, 9.17) is 0 Å². The molecule has 4 aliphatic heterocycles. The predicted molar refractivity (Wildman–Crippen MR) is 109 cm³/mol. The molecule has 1 N–H and O–H groups in total. The molecule has 3 atom stereocenters. The Balaban J connectivity index is 1.38. The fourth-order valence-corrected chi connectivity index (χ4v) is 5.62. The van der Waals surface area contributed by atoms with Crippen LogP contribution in [0, 0.1) is 5.92 Å². The molecule has 0 spiro atoms. The van der Waals surface area contributed by atoms with Crippen LogP contribution in [0.3, 0.4) is 0 Å². The molecule has 4 saturated heterocycles. The number of nitrogens with one attached hydrogen (secondary N) is 1. The van der Waals surface area contributed by atoms with E-state index < -0.39 is 0 Å². The summed E-state index contributed by atoms with van der Waals surface area (Å²) in [6.45, 7) is 6.57. The number of aryl methyl sites for hydroxylation is 1. The lowest BCUT2D eigenvalue weighted by molar-refractivity contribution is -0.124. The summed E-state index contributed by atoms with van der Waals surface area (Å²) in [7, 11) is 0. The number of aromatic nitrogens is 1. The van der Waals surface area contributed by atoms with Crippen LogP contribution in [0.25, 0.3) is 0 Å². The van der Waals surface area contributed by atoms with Gasteiger partial charge in [-0.05, 0) is 29.7 Å². The van der Waals surface area contributed by atoms with Gasteiger partial charge in [0.05, 0.1) is 0 Å². The number of amides is 1. The van der Waals surface area contributed by atoms with Crippen molar-refractivity contribution in [1.82, 2.24) is 20.1 Å². The molecule has 2 aromatic rings. The molecule has 4 bridgehead atoms. The van der Waals surface area contributed by atoms with E-state index in [2.05, 4.69) is 50.4 Å². The van der Waals surface area contributed by atoms with Gasteiger partial charge in [-0.3, -0.25) is 9.78 Å². The summed E-state index contributed by atoms with van der Waals surface area (Å²) in [5, 5.41) is 3.49. The number of carbonyl (C=O) groups excluding carboxylic acids is 1. The van der Waals surface area contributed by atoms with Gasteiger partial charge < -0.3 is 15.1 Å². The molecule has 28 heavy (non-hydrogen) atoms. The van der Waals surface area contributed by atoms with Gasteiger partial charge >= 0.3 is 0 Å². The van der Waals surface area contributed by atoms with Crippen LogP contribution in [0.5, 0.6) is 0 Å². The van der Waals surface area contributed by atoms with Crippen LogP contribution < -0.4 is 5.32 Å². The molecule has 5 heterocycles. The molecule has 1 amide bonds. The molecule has 6 rings (SSSR count). The largest absolute Gasteiger partial charge is 0.352 e. The highest BCUT2D eigenvalue weighted by molar-refractivity contribution is 5.77. The third kappa shape index (κ3) is 3.23. The summed E-state index contributed by atoms with van der Waals surface area (Å²) in [5.74, 6) is 0.670. The maximum Gasteiger partial charge on any atom is 0.220 e. The van der Waals surface area contributed by atoms with Gasteiger partial charge in [0.15, 0.2) is 0 Å². The summed E-state index contributed by atoms with van der Waals surface area (Å²) in [6, 6.07) is 15.1. The van der Waals surface area contributed by atoms with Gasteiger partial charge in [-0.1, -0.05) is 30.3 Å². The highest BCUT2D eigenvalue weighted by Gasteiger charge is 2.55. The van der Waals surface area contributed by atoms with E-state index in [1.54, 1.807) is 12.4 Å². The number of hydrogen-bond acceptors (Lipinski definition) is 4. The van der Waals surface area contributed by atoms with Crippen molar-refractivity contribution >= 4 is 5.91 Å². The van der Waals surface area contributed by atoms with Gasteiger partial charge in [-0.2, -0.15) is 0 Å². The Morgan fingerprint density at radius 3 is 2.39 bits per heavy atom. The van der Waals surface area contributed by atoms with Crippen LogP contribution in [-0.2, 0) is 16.6 Å². The van der Waals surface area contributed by atoms with Gasteiger partial charge in [0.2, 0.25) is 5.91 Å². The maximum atomic E-state index is 12.9. The monoisotopic (exact) mass is 376 g/mol. The first-order valence-electron chi connectivity index (χ1n) is 10.4. The fraction of sp³-hybridized carbons (Fsp3) is 0.478. The molecule has 5 heteroatoms. The number of pyridine rings is 1. The Labute approximate surface area is 166 Å². The van der Waals surface area contributed by atoms with Crippen LogP contribution in [0.15, 0.2) is 54.9 Å². The summed E-state index contributed by atoms with van der Waals surface area (Å²) >= 11 is 0. The van der Waals surface area contributed by atoms with Crippen molar-refractivity contribution in [2.45, 2.75) is 24.3 Å². The molecular formula is C23H28N4O. The van der Waals surface area contributed by atoms with Gasteiger partial charge in [0, 0.05) is 75.5 Å². The van der Waals surface area contributed by atoms with Gasteiger partial charge in [-0.25, -0.2) is 0 Å². The Bertz CT molecular complexity index is 809. The summed E-state index contributed by atoms with van der Waals surface area (Å²) in [5.41, 5.74) is 2.53. The zero-order valence-corrected chi connectivity index (χ0v) is 16.3. The standard InChI is InChI=1S/C23H28N4O/c28-21(7-6-18-8-10-24-11-9-18)25-22-19-14-26-12-13-27(15-19)17-23(22,16-26)20-4-2-1-3-5-20/h1-5,8-11,19,22H,6-7,12-17H2,(H,25,28). The Morgan fingerprint density at radius 1 is 1.04 bits per heavy atom. The van der Waals surface area contributed by atoms with Crippen LogP contribution >= 0.6 is 0 Å². The summed E-state index contributed by atoms with van der Waals surface area (Å²) in [4.78, 5) is 22.2. The second-order valence-corrected chi connectivity index (χ2v) is 8.65. The number of carbonyl (C=O) groups is 1. The van der Waals surface area contributed by atoms with Crippen molar-refractivity contribution in [3.63, 3.8) is 0 Å². The fourth-order valence-electron chi connectivity index (χ4n) is 5.62. The molecule has 0 saturated carbocycles. The van der Waals surface area contributed by atoms with Crippen molar-refractivity contribution in [2.24, 2.45) is 5.92 Å². The molecule has 146 valence electrons. The van der Waals surface area contributed by atoms with Crippen molar-refractivity contribution in [3.05, 3.63) is 66.0 Å². The first kappa shape index (κ1) is 17.8. The number of nitrogens with zero attached hydrogens (tertiary/aromatic N) is 3. The lowest BCUT2D eigenvalue weighted by Gasteiger charge is -2.55. The lowest BCUT2D eigenvalue weighted by atomic mass is 9.64. The lowest BCUT2D eigenvalue weighted by Crippen LogP contribution is -2.70. The molecule has 0 radical (unpaired) electrons. The minimum Gasteiger partial charge on any atom is -0.352 e. The van der Waals surface area contributed by atoms with Crippen LogP contribution in [0.1, 0.15) is 17.5 Å². The maximum absolute atomic E-state index is 12.9. The highest BCUT2D eigenvalue weighted by Crippen LogP contribution is 2.43. The number of rotatable bonds is 5. The second-order valence-electron chi connectivity index (χ2n) is 8.65. The van der Waals surface area contributed by atoms with E-state index in [0.29, 0.717) is 12.3 Å². The molecular weight excluding hydrogens is 348 g/mol. The van der Waals surface area contributed by atoms with E-state index >= 15 is 0 Å². The molecule has 4 aliphatic rings. The van der Waals surface area contributed by atoms with Crippen molar-refractivity contribution in [2.75, 3.05) is 39.3 Å². The average Bonchev–Trinajstić information content (AvgIpc) is 2.99. The first-order chi connectivity index (χ1) is 13.7. The van der Waals surface area contributed by atoms with E-state index in [-0.39, 0.29) is 17.4 Å². The van der Waals surface area contributed by atoms with E-state index in [0.717, 1.165) is 45.7 Å². The second kappa shape index (κ2) is 7.30. The molecule has 3 unspecified atom stereocenters. The minimum absolute atomic E-state index is 0.00868. The number of benzene rings is 1. The third-order valence-electron chi connectivity index (χ3n) is 6.85. The van der Waals surface area contributed by atoms with Crippen LogP contribution in [-0.4, -0.2) is 66.0 Å². The van der Waals surface area contributed by atoms with E-state index in [1.165, 1.54) is 11.1 Å². The zero-order chi connectivity index (χ0) is 19.0. The zero-order valence-electron chi connectivity index (χ0n) is 16.3. The normalized spacial score (nSPS) is 33.4. The predicted octanol–water partition coefficient (Wildman–Crippen LogP) is 1.70. The molecule has 0 aliphatic carbocycles. The topological polar surface area (TPSA) is 48.5 Å². The van der Waals surface area contributed by atoms with Crippen LogP contribution in [0.2, 0.25) is 0 Å². The third-order valence-corrected chi connectivity index (χ3v) is 6.85.